The van der Waals surface area contributed by atoms with Crippen molar-refractivity contribution in [1.82, 2.24) is 14.7 Å². The highest BCUT2D eigenvalue weighted by molar-refractivity contribution is 6.06. The lowest BCUT2D eigenvalue weighted by atomic mass is 9.85. The van der Waals surface area contributed by atoms with Crippen molar-refractivity contribution < 1.29 is 23.5 Å². The summed E-state index contributed by atoms with van der Waals surface area (Å²) in [5, 5.41) is 0. The second-order valence-electron chi connectivity index (χ2n) is 8.19. The number of amides is 3. The van der Waals surface area contributed by atoms with Gasteiger partial charge in [0.2, 0.25) is 0 Å². The lowest BCUT2D eigenvalue weighted by Crippen LogP contribution is -2.55. The van der Waals surface area contributed by atoms with E-state index in [2.05, 4.69) is 4.90 Å². The zero-order valence-electron chi connectivity index (χ0n) is 17.0. The van der Waals surface area contributed by atoms with Crippen LogP contribution in [-0.2, 0) is 14.3 Å². The highest BCUT2D eigenvalue weighted by Gasteiger charge is 2.55. The molecule has 0 radical (unpaired) electrons. The molecule has 4 rings (SSSR count). The minimum Gasteiger partial charge on any atom is -0.350 e. The molecule has 3 aliphatic heterocycles. The van der Waals surface area contributed by atoms with Crippen molar-refractivity contribution in [2.45, 2.75) is 37.0 Å². The molecular formula is C21H28FN3O4. The maximum Gasteiger partial charge on any atom is 0.327 e. The Morgan fingerprint density at radius 3 is 2.28 bits per heavy atom. The summed E-state index contributed by atoms with van der Waals surface area (Å²) in [4.78, 5) is 30.1. The number of hydrogen-bond donors (Lipinski definition) is 0. The first-order valence-electron chi connectivity index (χ1n) is 10.2. The van der Waals surface area contributed by atoms with Gasteiger partial charge in [0.1, 0.15) is 11.4 Å². The van der Waals surface area contributed by atoms with Crippen LogP contribution in [-0.4, -0.2) is 85.4 Å². The highest BCUT2D eigenvalue weighted by Crippen LogP contribution is 2.36. The van der Waals surface area contributed by atoms with Gasteiger partial charge in [0, 0.05) is 46.1 Å². The van der Waals surface area contributed by atoms with Crippen molar-refractivity contribution in [2.75, 3.05) is 46.9 Å². The summed E-state index contributed by atoms with van der Waals surface area (Å²) in [6.07, 6.45) is 1.69. The molecule has 3 saturated heterocycles. The van der Waals surface area contributed by atoms with Gasteiger partial charge >= 0.3 is 6.03 Å². The molecule has 1 spiro atoms. The molecule has 7 nitrogen and oxygen atoms in total. The van der Waals surface area contributed by atoms with Crippen molar-refractivity contribution in [1.29, 1.82) is 0 Å². The van der Waals surface area contributed by atoms with E-state index < -0.39 is 5.54 Å². The Morgan fingerprint density at radius 1 is 1.10 bits per heavy atom. The molecule has 0 unspecified atom stereocenters. The van der Waals surface area contributed by atoms with E-state index in [0.717, 1.165) is 25.2 Å². The number of imide groups is 1. The van der Waals surface area contributed by atoms with Gasteiger partial charge in [-0.05, 0) is 30.5 Å². The lowest BCUT2D eigenvalue weighted by Gasteiger charge is -2.42. The zero-order chi connectivity index (χ0) is 20.6. The fraction of sp³-hybridized carbons (Fsp3) is 0.619. The number of likely N-dealkylation sites (N-methyl/N-ethyl adjacent to an activating group) is 2. The minimum atomic E-state index is -0.717. The molecule has 0 saturated carbocycles. The van der Waals surface area contributed by atoms with Gasteiger partial charge in [-0.1, -0.05) is 12.1 Å². The van der Waals surface area contributed by atoms with Crippen LogP contribution < -0.4 is 0 Å². The van der Waals surface area contributed by atoms with Crippen LogP contribution in [0.3, 0.4) is 0 Å². The first kappa shape index (κ1) is 20.3. The Kier molecular flexibility index (Phi) is 5.59. The average molecular weight is 405 g/mol. The quantitative estimate of drug-likeness (QED) is 0.702. The summed E-state index contributed by atoms with van der Waals surface area (Å²) in [7, 11) is 3.27. The van der Waals surface area contributed by atoms with Crippen LogP contribution in [0.15, 0.2) is 24.3 Å². The van der Waals surface area contributed by atoms with Gasteiger partial charge in [-0.3, -0.25) is 9.69 Å². The second-order valence-corrected chi connectivity index (χ2v) is 8.19. The molecule has 0 aliphatic carbocycles. The predicted molar refractivity (Wildman–Crippen MR) is 104 cm³/mol. The molecule has 3 heterocycles. The molecular weight excluding hydrogens is 377 g/mol. The van der Waals surface area contributed by atoms with E-state index in [0.29, 0.717) is 32.5 Å². The summed E-state index contributed by atoms with van der Waals surface area (Å²) >= 11 is 0. The summed E-state index contributed by atoms with van der Waals surface area (Å²) in [5.74, 6) is -0.223. The fourth-order valence-electron chi connectivity index (χ4n) is 4.74. The van der Waals surface area contributed by atoms with E-state index in [1.165, 1.54) is 17.0 Å². The van der Waals surface area contributed by atoms with E-state index in [1.54, 1.807) is 19.0 Å². The summed E-state index contributed by atoms with van der Waals surface area (Å²) in [6, 6.07) is 6.38. The molecule has 0 bridgehead atoms. The Labute approximate surface area is 170 Å². The minimum absolute atomic E-state index is 0.104. The third kappa shape index (κ3) is 3.76. The number of urea groups is 1. The van der Waals surface area contributed by atoms with Crippen LogP contribution in [0.5, 0.6) is 0 Å². The number of hydrogen-bond acceptors (Lipinski definition) is 5. The van der Waals surface area contributed by atoms with Gasteiger partial charge in [-0.15, -0.1) is 0 Å². The molecule has 3 fully saturated rings. The van der Waals surface area contributed by atoms with Crippen molar-refractivity contribution in [3.63, 3.8) is 0 Å². The first-order chi connectivity index (χ1) is 13.9. The number of ether oxygens (including phenoxy) is 2. The number of carbonyl (C=O) groups is 2. The number of carbonyl (C=O) groups excluding carboxylic acids is 2. The third-order valence-electron chi connectivity index (χ3n) is 6.59. The van der Waals surface area contributed by atoms with Gasteiger partial charge in [-0.2, -0.15) is 0 Å². The van der Waals surface area contributed by atoms with Crippen LogP contribution in [0, 0.1) is 5.82 Å². The maximum atomic E-state index is 13.4. The number of nitrogens with zero attached hydrogens (tertiary/aromatic N) is 3. The number of piperidine rings is 1. The van der Waals surface area contributed by atoms with Gasteiger partial charge in [0.05, 0.1) is 13.2 Å². The van der Waals surface area contributed by atoms with Crippen LogP contribution in [0.4, 0.5) is 9.18 Å². The van der Waals surface area contributed by atoms with Gasteiger partial charge in [-0.25, -0.2) is 9.18 Å². The van der Waals surface area contributed by atoms with E-state index in [1.807, 2.05) is 12.1 Å². The molecule has 8 heteroatoms. The number of rotatable bonds is 5. The van der Waals surface area contributed by atoms with Crippen molar-refractivity contribution >= 4 is 11.9 Å². The van der Waals surface area contributed by atoms with E-state index in [4.69, 9.17) is 9.47 Å². The van der Waals surface area contributed by atoms with Crippen molar-refractivity contribution in [2.24, 2.45) is 0 Å². The number of benzene rings is 1. The third-order valence-corrected chi connectivity index (χ3v) is 6.59. The first-order valence-corrected chi connectivity index (χ1v) is 10.2. The van der Waals surface area contributed by atoms with Gasteiger partial charge in [0.15, 0.2) is 6.29 Å². The average Bonchev–Trinajstić information content (AvgIpc) is 3.29. The normalized spacial score (nSPS) is 24.1. The zero-order valence-corrected chi connectivity index (χ0v) is 17.0. The molecule has 1 atom stereocenters. The van der Waals surface area contributed by atoms with Crippen LogP contribution >= 0.6 is 0 Å². The Morgan fingerprint density at radius 2 is 1.72 bits per heavy atom. The van der Waals surface area contributed by atoms with Crippen molar-refractivity contribution in [3.05, 3.63) is 35.6 Å². The molecule has 29 heavy (non-hydrogen) atoms. The standard InChI is InChI=1S/C21H28FN3O4/c1-23-19(26)21(24(2)20(23)27)7-9-25(10-8-21)14-16(13-18-28-11-12-29-18)15-3-5-17(22)6-4-15/h3-6,16,18H,7-14H2,1-2H3/t16-/m1/s1. The molecule has 1 aromatic carbocycles. The topological polar surface area (TPSA) is 62.3 Å². The number of likely N-dealkylation sites (tertiary alicyclic amines) is 1. The maximum absolute atomic E-state index is 13.4. The van der Waals surface area contributed by atoms with Crippen LogP contribution in [0.25, 0.3) is 0 Å². The van der Waals surface area contributed by atoms with E-state index in [-0.39, 0.29) is 30.0 Å². The van der Waals surface area contributed by atoms with Crippen LogP contribution in [0.1, 0.15) is 30.7 Å². The summed E-state index contributed by atoms with van der Waals surface area (Å²) in [6.45, 7) is 3.42. The smallest absolute Gasteiger partial charge is 0.327 e. The van der Waals surface area contributed by atoms with Crippen molar-refractivity contribution in [3.8, 4) is 0 Å². The largest absolute Gasteiger partial charge is 0.350 e. The van der Waals surface area contributed by atoms with E-state index in [9.17, 15) is 14.0 Å². The van der Waals surface area contributed by atoms with Crippen LogP contribution in [0.2, 0.25) is 0 Å². The molecule has 0 aromatic heterocycles. The monoisotopic (exact) mass is 405 g/mol. The van der Waals surface area contributed by atoms with Gasteiger partial charge < -0.3 is 19.3 Å². The molecule has 3 amide bonds. The second kappa shape index (κ2) is 8.01. The summed E-state index contributed by atoms with van der Waals surface area (Å²) in [5.41, 5.74) is 0.334. The predicted octanol–water partition coefficient (Wildman–Crippen LogP) is 2.03. The molecule has 0 N–H and O–H groups in total. The Hall–Kier alpha value is -2.03. The highest BCUT2D eigenvalue weighted by atomic mass is 19.1. The molecule has 1 aromatic rings. The Bertz CT molecular complexity index is 758. The fourth-order valence-corrected chi connectivity index (χ4v) is 4.74. The Balaban J connectivity index is 1.44. The summed E-state index contributed by atoms with van der Waals surface area (Å²) < 4.78 is 24.7. The lowest BCUT2D eigenvalue weighted by molar-refractivity contribution is -0.134. The number of halogens is 1. The SMILES string of the molecule is CN1C(=O)N(C)C2(CCN(C[C@@H](CC3OCCO3)c3ccc(F)cc3)CC2)C1=O. The van der Waals surface area contributed by atoms with Gasteiger partial charge in [0.25, 0.3) is 5.91 Å². The molecule has 3 aliphatic rings. The van der Waals surface area contributed by atoms with E-state index >= 15 is 0 Å². The molecule has 158 valence electrons.